The quantitative estimate of drug-likeness (QED) is 0.526. The fraction of sp³-hybridized carbons (Fsp3) is 0.167. The van der Waals surface area contributed by atoms with Crippen molar-refractivity contribution in [3.05, 3.63) is 58.1 Å². The van der Waals surface area contributed by atoms with E-state index in [9.17, 15) is 9.59 Å². The number of thiophene rings is 1. The summed E-state index contributed by atoms with van der Waals surface area (Å²) in [5.41, 5.74) is 1.83. The van der Waals surface area contributed by atoms with Gasteiger partial charge in [0.25, 0.3) is 11.8 Å². The van der Waals surface area contributed by atoms with Crippen molar-refractivity contribution in [2.75, 3.05) is 25.6 Å². The van der Waals surface area contributed by atoms with E-state index in [1.807, 2.05) is 17.5 Å². The van der Waals surface area contributed by atoms with Crippen molar-refractivity contribution in [3.8, 4) is 10.6 Å². The Morgan fingerprint density at radius 2 is 2.11 bits per heavy atom. The number of ether oxygens (including phenoxy) is 1. The molecule has 7 nitrogen and oxygen atoms in total. The number of methoxy groups -OCH3 is 1. The van der Waals surface area contributed by atoms with Crippen LogP contribution in [0.15, 0.2) is 41.8 Å². The summed E-state index contributed by atoms with van der Waals surface area (Å²) in [6.45, 7) is 0.796. The maximum atomic E-state index is 12.4. The number of hydrogen-bond donors (Lipinski definition) is 3. The molecule has 0 saturated carbocycles. The molecular formula is C18H17ClN4O3S. The molecule has 3 rings (SSSR count). The molecule has 0 radical (unpaired) electrons. The van der Waals surface area contributed by atoms with E-state index in [0.717, 1.165) is 10.6 Å². The molecule has 0 bridgehead atoms. The summed E-state index contributed by atoms with van der Waals surface area (Å²) in [6, 6.07) is 10.2. The first kappa shape index (κ1) is 19.1. The third-order valence-electron chi connectivity index (χ3n) is 3.66. The molecule has 3 aromatic rings. The molecule has 1 aromatic carbocycles. The van der Waals surface area contributed by atoms with Gasteiger partial charge in [-0.1, -0.05) is 17.7 Å². The molecule has 0 aliphatic heterocycles. The first-order valence-corrected chi connectivity index (χ1v) is 9.31. The van der Waals surface area contributed by atoms with Gasteiger partial charge in [0.2, 0.25) is 0 Å². The number of amides is 2. The number of benzene rings is 1. The summed E-state index contributed by atoms with van der Waals surface area (Å²) in [7, 11) is 1.55. The van der Waals surface area contributed by atoms with E-state index in [0.29, 0.717) is 24.4 Å². The van der Waals surface area contributed by atoms with Crippen molar-refractivity contribution >= 4 is 40.4 Å². The molecule has 0 spiro atoms. The number of carbonyl (C=O) groups excluding carboxylic acids is 2. The van der Waals surface area contributed by atoms with E-state index in [1.165, 1.54) is 6.07 Å². The van der Waals surface area contributed by atoms with Crippen molar-refractivity contribution in [3.63, 3.8) is 0 Å². The third-order valence-corrected chi connectivity index (χ3v) is 4.88. The third kappa shape index (κ3) is 4.73. The Morgan fingerprint density at radius 3 is 2.81 bits per heavy atom. The van der Waals surface area contributed by atoms with Gasteiger partial charge in [-0.25, -0.2) is 0 Å². The largest absolute Gasteiger partial charge is 0.383 e. The minimum atomic E-state index is -0.373. The summed E-state index contributed by atoms with van der Waals surface area (Å²) in [5, 5.41) is 14.5. The smallest absolute Gasteiger partial charge is 0.276 e. The molecule has 140 valence electrons. The summed E-state index contributed by atoms with van der Waals surface area (Å²) in [6.07, 6.45) is 0. The van der Waals surface area contributed by atoms with Crippen LogP contribution < -0.4 is 10.6 Å². The molecule has 0 aliphatic rings. The Balaban J connectivity index is 1.66. The second-order valence-corrected chi connectivity index (χ2v) is 6.90. The van der Waals surface area contributed by atoms with Crippen LogP contribution >= 0.6 is 22.9 Å². The highest BCUT2D eigenvalue weighted by Crippen LogP contribution is 2.24. The number of aromatic amines is 1. The molecule has 27 heavy (non-hydrogen) atoms. The molecule has 2 heterocycles. The van der Waals surface area contributed by atoms with Gasteiger partial charge in [-0.3, -0.25) is 14.7 Å². The predicted molar refractivity (Wildman–Crippen MR) is 106 cm³/mol. The van der Waals surface area contributed by atoms with E-state index in [2.05, 4.69) is 20.8 Å². The maximum absolute atomic E-state index is 12.4. The first-order chi connectivity index (χ1) is 13.1. The highest BCUT2D eigenvalue weighted by molar-refractivity contribution is 7.13. The van der Waals surface area contributed by atoms with E-state index >= 15 is 0 Å². The molecule has 0 aliphatic carbocycles. The van der Waals surface area contributed by atoms with Crippen molar-refractivity contribution in [2.24, 2.45) is 0 Å². The summed E-state index contributed by atoms with van der Waals surface area (Å²) in [4.78, 5) is 25.4. The first-order valence-electron chi connectivity index (χ1n) is 8.06. The number of rotatable bonds is 7. The van der Waals surface area contributed by atoms with Crippen LogP contribution in [0.2, 0.25) is 5.02 Å². The van der Waals surface area contributed by atoms with Gasteiger partial charge in [0, 0.05) is 19.3 Å². The molecule has 2 aromatic heterocycles. The van der Waals surface area contributed by atoms with Gasteiger partial charge in [0.05, 0.1) is 27.8 Å². The number of anilines is 1. The Morgan fingerprint density at radius 1 is 1.26 bits per heavy atom. The lowest BCUT2D eigenvalue weighted by Gasteiger charge is -2.08. The highest BCUT2D eigenvalue weighted by atomic mass is 35.5. The molecule has 0 saturated heterocycles. The van der Waals surface area contributed by atoms with E-state index in [1.54, 1.807) is 36.6 Å². The fourth-order valence-electron chi connectivity index (χ4n) is 2.33. The van der Waals surface area contributed by atoms with Gasteiger partial charge in [0.1, 0.15) is 0 Å². The molecular weight excluding hydrogens is 388 g/mol. The van der Waals surface area contributed by atoms with Crippen molar-refractivity contribution in [2.45, 2.75) is 0 Å². The monoisotopic (exact) mass is 404 g/mol. The van der Waals surface area contributed by atoms with Crippen LogP contribution in [-0.4, -0.2) is 42.3 Å². The van der Waals surface area contributed by atoms with Gasteiger partial charge in [-0.05, 0) is 35.7 Å². The molecule has 3 N–H and O–H groups in total. The van der Waals surface area contributed by atoms with Crippen molar-refractivity contribution in [1.82, 2.24) is 15.5 Å². The number of nitrogens with zero attached hydrogens (tertiary/aromatic N) is 1. The number of nitrogens with one attached hydrogen (secondary N) is 3. The van der Waals surface area contributed by atoms with Crippen LogP contribution in [0, 0.1) is 0 Å². The topological polar surface area (TPSA) is 96.1 Å². The second kappa shape index (κ2) is 8.81. The highest BCUT2D eigenvalue weighted by Gasteiger charge is 2.14. The van der Waals surface area contributed by atoms with Crippen LogP contribution in [0.4, 0.5) is 5.69 Å². The molecule has 2 amide bonds. The van der Waals surface area contributed by atoms with Gasteiger partial charge < -0.3 is 15.4 Å². The average Bonchev–Trinajstić information content (AvgIpc) is 3.33. The van der Waals surface area contributed by atoms with E-state index in [4.69, 9.17) is 16.3 Å². The van der Waals surface area contributed by atoms with Gasteiger partial charge in [-0.2, -0.15) is 5.10 Å². The lowest BCUT2D eigenvalue weighted by Crippen LogP contribution is -2.27. The normalized spacial score (nSPS) is 10.6. The Hall–Kier alpha value is -2.68. The zero-order chi connectivity index (χ0) is 19.2. The number of hydrogen-bond acceptors (Lipinski definition) is 5. The van der Waals surface area contributed by atoms with Crippen LogP contribution in [0.25, 0.3) is 10.6 Å². The number of carbonyl (C=O) groups is 2. The van der Waals surface area contributed by atoms with E-state index < -0.39 is 0 Å². The number of H-pyrrole nitrogens is 1. The Kier molecular flexibility index (Phi) is 6.23. The average molecular weight is 405 g/mol. The Bertz CT molecular complexity index is 940. The second-order valence-electron chi connectivity index (χ2n) is 5.54. The zero-order valence-corrected chi connectivity index (χ0v) is 16.0. The predicted octanol–water partition coefficient (Wildman–Crippen LogP) is 3.42. The summed E-state index contributed by atoms with van der Waals surface area (Å²) in [5.74, 6) is -0.676. The van der Waals surface area contributed by atoms with Gasteiger partial charge >= 0.3 is 0 Å². The summed E-state index contributed by atoms with van der Waals surface area (Å²) >= 11 is 7.73. The molecule has 0 atom stereocenters. The van der Waals surface area contributed by atoms with Crippen LogP contribution in [0.1, 0.15) is 20.8 Å². The summed E-state index contributed by atoms with van der Waals surface area (Å²) < 4.78 is 4.89. The van der Waals surface area contributed by atoms with E-state index in [-0.39, 0.29) is 22.5 Å². The molecule has 0 fully saturated rings. The standard InChI is InChI=1S/C18H17ClN4O3S/c1-26-7-6-20-17(24)12-5-4-11(9-13(12)19)21-18(25)15-10-14(22-23-15)16-3-2-8-27-16/h2-5,8-10H,6-7H2,1H3,(H,20,24)(H,21,25)(H,22,23). The Labute approximate surface area is 164 Å². The van der Waals surface area contributed by atoms with Gasteiger partial charge in [-0.15, -0.1) is 11.3 Å². The van der Waals surface area contributed by atoms with Gasteiger partial charge in [0.15, 0.2) is 5.69 Å². The molecule has 0 unspecified atom stereocenters. The zero-order valence-electron chi connectivity index (χ0n) is 14.4. The maximum Gasteiger partial charge on any atom is 0.276 e. The minimum Gasteiger partial charge on any atom is -0.383 e. The fourth-order valence-corrected chi connectivity index (χ4v) is 3.29. The lowest BCUT2D eigenvalue weighted by molar-refractivity contribution is 0.0936. The van der Waals surface area contributed by atoms with Crippen molar-refractivity contribution < 1.29 is 14.3 Å². The van der Waals surface area contributed by atoms with Crippen LogP contribution in [0.3, 0.4) is 0 Å². The minimum absolute atomic E-state index is 0.240. The van der Waals surface area contributed by atoms with Crippen LogP contribution in [0.5, 0.6) is 0 Å². The SMILES string of the molecule is COCCNC(=O)c1ccc(NC(=O)c2cc(-c3cccs3)[nH]n2)cc1Cl. The van der Waals surface area contributed by atoms with Crippen molar-refractivity contribution in [1.29, 1.82) is 0 Å². The number of aromatic nitrogens is 2. The lowest BCUT2D eigenvalue weighted by atomic mass is 10.2. The number of halogens is 1. The van der Waals surface area contributed by atoms with Crippen LogP contribution in [-0.2, 0) is 4.74 Å². The molecule has 9 heteroatoms.